The van der Waals surface area contributed by atoms with Gasteiger partial charge in [-0.15, -0.1) is 0 Å². The summed E-state index contributed by atoms with van der Waals surface area (Å²) in [5.74, 6) is -0.201. The van der Waals surface area contributed by atoms with E-state index in [1.165, 1.54) is 12.4 Å². The van der Waals surface area contributed by atoms with Gasteiger partial charge in [-0.2, -0.15) is 4.39 Å². The summed E-state index contributed by atoms with van der Waals surface area (Å²) in [5, 5.41) is 0. The van der Waals surface area contributed by atoms with Crippen molar-refractivity contribution in [3.8, 4) is 0 Å². The van der Waals surface area contributed by atoms with Crippen molar-refractivity contribution in [2.45, 2.75) is 6.10 Å². The van der Waals surface area contributed by atoms with Gasteiger partial charge in [0.25, 0.3) is 5.95 Å². The molecule has 0 atom stereocenters. The minimum atomic E-state index is -0.517. The lowest BCUT2D eigenvalue weighted by molar-refractivity contribution is 0.0778. The van der Waals surface area contributed by atoms with Crippen LogP contribution in [0.15, 0.2) is 12.4 Å². The average molecular weight is 183 g/mol. The summed E-state index contributed by atoms with van der Waals surface area (Å²) < 4.78 is 18.1. The molecule has 0 aliphatic carbocycles. The van der Waals surface area contributed by atoms with Crippen molar-refractivity contribution in [3.05, 3.63) is 18.3 Å². The standard InChI is InChI=1S/C8H10FN3O/c1-13-6-4-12(5-6)8-7(9)10-2-3-11-8/h2-3,6H,4-5H2,1H3. The molecule has 0 spiro atoms. The number of halogens is 1. The van der Waals surface area contributed by atoms with E-state index < -0.39 is 5.95 Å². The number of hydrogen-bond donors (Lipinski definition) is 0. The van der Waals surface area contributed by atoms with Gasteiger partial charge in [0.2, 0.25) is 0 Å². The summed E-state index contributed by atoms with van der Waals surface area (Å²) in [7, 11) is 1.65. The molecule has 0 amide bonds. The fourth-order valence-electron chi connectivity index (χ4n) is 1.29. The second kappa shape index (κ2) is 3.26. The number of aromatic nitrogens is 2. The molecule has 1 aliphatic rings. The van der Waals surface area contributed by atoms with Crippen molar-refractivity contribution in [1.29, 1.82) is 0 Å². The van der Waals surface area contributed by atoms with Crippen molar-refractivity contribution in [1.82, 2.24) is 9.97 Å². The predicted molar refractivity (Wildman–Crippen MR) is 45.0 cm³/mol. The van der Waals surface area contributed by atoms with Crippen LogP contribution in [0, 0.1) is 5.95 Å². The lowest BCUT2D eigenvalue weighted by atomic mass is 10.2. The van der Waals surface area contributed by atoms with Crippen LogP contribution in [0.2, 0.25) is 0 Å². The molecule has 1 aliphatic heterocycles. The van der Waals surface area contributed by atoms with E-state index >= 15 is 0 Å². The van der Waals surface area contributed by atoms with E-state index in [4.69, 9.17) is 4.74 Å². The van der Waals surface area contributed by atoms with Gasteiger partial charge in [0, 0.05) is 32.6 Å². The smallest absolute Gasteiger partial charge is 0.255 e. The number of anilines is 1. The van der Waals surface area contributed by atoms with Gasteiger partial charge in [0.1, 0.15) is 0 Å². The highest BCUT2D eigenvalue weighted by atomic mass is 19.1. The summed E-state index contributed by atoms with van der Waals surface area (Å²) in [4.78, 5) is 9.23. The monoisotopic (exact) mass is 183 g/mol. The SMILES string of the molecule is COC1CN(c2nccnc2F)C1. The number of hydrogen-bond acceptors (Lipinski definition) is 4. The van der Waals surface area contributed by atoms with Crippen LogP contribution in [0.3, 0.4) is 0 Å². The molecule has 1 fully saturated rings. The van der Waals surface area contributed by atoms with Crippen LogP contribution in [-0.2, 0) is 4.74 Å². The molecule has 70 valence electrons. The Kier molecular flexibility index (Phi) is 2.10. The predicted octanol–water partition coefficient (Wildman–Crippen LogP) is 0.451. The molecule has 0 aromatic carbocycles. The van der Waals surface area contributed by atoms with Crippen LogP contribution in [0.4, 0.5) is 10.2 Å². The molecule has 1 saturated heterocycles. The van der Waals surface area contributed by atoms with E-state index in [1.54, 1.807) is 12.0 Å². The van der Waals surface area contributed by atoms with Crippen molar-refractivity contribution >= 4 is 5.82 Å². The van der Waals surface area contributed by atoms with Gasteiger partial charge in [-0.3, -0.25) is 0 Å². The van der Waals surface area contributed by atoms with E-state index in [9.17, 15) is 4.39 Å². The molecule has 0 unspecified atom stereocenters. The summed E-state index contributed by atoms with van der Waals surface area (Å²) in [5.41, 5.74) is 0. The minimum absolute atomic E-state index is 0.196. The van der Waals surface area contributed by atoms with Crippen LogP contribution in [0.25, 0.3) is 0 Å². The van der Waals surface area contributed by atoms with E-state index in [-0.39, 0.29) is 6.10 Å². The molecule has 1 aromatic heterocycles. The third-order valence-corrected chi connectivity index (χ3v) is 2.12. The van der Waals surface area contributed by atoms with Crippen LogP contribution in [-0.4, -0.2) is 36.3 Å². The first kappa shape index (κ1) is 8.37. The zero-order valence-electron chi connectivity index (χ0n) is 7.27. The van der Waals surface area contributed by atoms with Crippen LogP contribution in [0.1, 0.15) is 0 Å². The molecule has 0 saturated carbocycles. The molecule has 2 rings (SSSR count). The molecule has 5 heteroatoms. The highest BCUT2D eigenvalue weighted by Crippen LogP contribution is 2.20. The highest BCUT2D eigenvalue weighted by Gasteiger charge is 2.29. The number of nitrogens with zero attached hydrogens (tertiary/aromatic N) is 3. The molecule has 0 bridgehead atoms. The largest absolute Gasteiger partial charge is 0.378 e. The van der Waals surface area contributed by atoms with Crippen molar-refractivity contribution < 1.29 is 9.13 Å². The Morgan fingerprint density at radius 2 is 2.15 bits per heavy atom. The second-order valence-electron chi connectivity index (χ2n) is 2.93. The average Bonchev–Trinajstić information content (AvgIpc) is 2.06. The molecule has 0 N–H and O–H groups in total. The van der Waals surface area contributed by atoms with E-state index in [0.717, 1.165) is 0 Å². The van der Waals surface area contributed by atoms with Crippen molar-refractivity contribution in [2.75, 3.05) is 25.1 Å². The third kappa shape index (κ3) is 1.47. The topological polar surface area (TPSA) is 38.2 Å². The van der Waals surface area contributed by atoms with Gasteiger partial charge in [0.05, 0.1) is 6.10 Å². The highest BCUT2D eigenvalue weighted by molar-refractivity contribution is 5.40. The Hall–Kier alpha value is -1.23. The maximum atomic E-state index is 13.0. The first-order valence-corrected chi connectivity index (χ1v) is 4.05. The van der Waals surface area contributed by atoms with Gasteiger partial charge in [0.15, 0.2) is 5.82 Å². The maximum absolute atomic E-state index is 13.0. The lowest BCUT2D eigenvalue weighted by Crippen LogP contribution is -2.52. The van der Waals surface area contributed by atoms with Crippen LogP contribution >= 0.6 is 0 Å². The molecule has 1 aromatic rings. The zero-order valence-corrected chi connectivity index (χ0v) is 7.27. The Morgan fingerprint density at radius 1 is 1.46 bits per heavy atom. The van der Waals surface area contributed by atoms with Crippen molar-refractivity contribution in [3.63, 3.8) is 0 Å². The maximum Gasteiger partial charge on any atom is 0.255 e. The molecular weight excluding hydrogens is 173 g/mol. The fourth-order valence-corrected chi connectivity index (χ4v) is 1.29. The summed E-state index contributed by atoms with van der Waals surface area (Å²) >= 11 is 0. The third-order valence-electron chi connectivity index (χ3n) is 2.12. The van der Waals surface area contributed by atoms with Crippen LogP contribution in [0.5, 0.6) is 0 Å². The molecule has 13 heavy (non-hydrogen) atoms. The number of ether oxygens (including phenoxy) is 1. The minimum Gasteiger partial charge on any atom is -0.378 e. The number of rotatable bonds is 2. The lowest BCUT2D eigenvalue weighted by Gasteiger charge is -2.38. The quantitative estimate of drug-likeness (QED) is 0.667. The van der Waals surface area contributed by atoms with Gasteiger partial charge < -0.3 is 9.64 Å². The summed E-state index contributed by atoms with van der Waals surface area (Å²) in [6, 6.07) is 0. The van der Waals surface area contributed by atoms with E-state index in [2.05, 4.69) is 9.97 Å². The Balaban J connectivity index is 2.07. The summed E-state index contributed by atoms with van der Waals surface area (Å²) in [6.07, 6.45) is 3.02. The molecule has 2 heterocycles. The Morgan fingerprint density at radius 3 is 2.77 bits per heavy atom. The normalized spacial score (nSPS) is 17.2. The Labute approximate surface area is 75.4 Å². The molecular formula is C8H10FN3O. The van der Waals surface area contributed by atoms with Gasteiger partial charge in [-0.05, 0) is 0 Å². The second-order valence-corrected chi connectivity index (χ2v) is 2.93. The fraction of sp³-hybridized carbons (Fsp3) is 0.500. The first-order chi connectivity index (χ1) is 6.31. The first-order valence-electron chi connectivity index (χ1n) is 4.05. The zero-order chi connectivity index (χ0) is 9.26. The van der Waals surface area contributed by atoms with Crippen LogP contribution < -0.4 is 4.90 Å². The van der Waals surface area contributed by atoms with Gasteiger partial charge in [-0.1, -0.05) is 0 Å². The Bertz CT molecular complexity index is 301. The van der Waals surface area contributed by atoms with E-state index in [0.29, 0.717) is 18.9 Å². The van der Waals surface area contributed by atoms with Gasteiger partial charge >= 0.3 is 0 Å². The number of methoxy groups -OCH3 is 1. The summed E-state index contributed by atoms with van der Waals surface area (Å²) in [6.45, 7) is 1.37. The molecule has 4 nitrogen and oxygen atoms in total. The molecule has 0 radical (unpaired) electrons. The van der Waals surface area contributed by atoms with Gasteiger partial charge in [-0.25, -0.2) is 9.97 Å². The van der Waals surface area contributed by atoms with Crippen molar-refractivity contribution in [2.24, 2.45) is 0 Å². The van der Waals surface area contributed by atoms with E-state index in [1.807, 2.05) is 0 Å².